The first kappa shape index (κ1) is 16.9. The number of allylic oxidation sites excluding steroid dienone is 1. The fourth-order valence-electron chi connectivity index (χ4n) is 2.85. The first-order chi connectivity index (χ1) is 11.3. The molecule has 126 valence electrons. The first-order valence-corrected chi connectivity index (χ1v) is 7.95. The molecular formula is C19H16ClF3O. The van der Waals surface area contributed by atoms with E-state index < -0.39 is 11.7 Å². The second-order valence-corrected chi connectivity index (χ2v) is 6.46. The lowest BCUT2D eigenvalue weighted by Gasteiger charge is -2.11. The number of alkyl halides is 2. The molecule has 24 heavy (non-hydrogen) atoms. The lowest BCUT2D eigenvalue weighted by atomic mass is 10.0. The van der Waals surface area contributed by atoms with E-state index in [9.17, 15) is 13.2 Å². The Kier molecular flexibility index (Phi) is 4.59. The van der Waals surface area contributed by atoms with Crippen LogP contribution in [0.1, 0.15) is 24.0 Å². The van der Waals surface area contributed by atoms with Gasteiger partial charge in [0.25, 0.3) is 5.92 Å². The van der Waals surface area contributed by atoms with Crippen molar-refractivity contribution in [3.05, 3.63) is 70.0 Å². The van der Waals surface area contributed by atoms with Gasteiger partial charge in [-0.25, -0.2) is 13.2 Å². The van der Waals surface area contributed by atoms with E-state index in [0.717, 1.165) is 5.56 Å². The van der Waals surface area contributed by atoms with Crippen LogP contribution in [0.3, 0.4) is 0 Å². The molecule has 0 fully saturated rings. The Morgan fingerprint density at radius 3 is 2.50 bits per heavy atom. The van der Waals surface area contributed by atoms with Crippen molar-refractivity contribution in [1.29, 1.82) is 0 Å². The molecule has 0 saturated carbocycles. The molecule has 0 heterocycles. The highest BCUT2D eigenvalue weighted by molar-refractivity contribution is 6.30. The van der Waals surface area contributed by atoms with Gasteiger partial charge in [-0.05, 0) is 53.5 Å². The number of hydrogen-bond acceptors (Lipinski definition) is 1. The van der Waals surface area contributed by atoms with Crippen LogP contribution in [0.4, 0.5) is 13.2 Å². The molecule has 0 N–H and O–H groups in total. The van der Waals surface area contributed by atoms with E-state index in [4.69, 9.17) is 16.3 Å². The van der Waals surface area contributed by atoms with Gasteiger partial charge in [-0.3, -0.25) is 0 Å². The predicted molar refractivity (Wildman–Crippen MR) is 89.2 cm³/mol. The summed E-state index contributed by atoms with van der Waals surface area (Å²) in [4.78, 5) is 0. The summed E-state index contributed by atoms with van der Waals surface area (Å²) in [6, 6.07) is 11.3. The van der Waals surface area contributed by atoms with E-state index in [0.29, 0.717) is 21.7 Å². The van der Waals surface area contributed by atoms with Gasteiger partial charge in [0.1, 0.15) is 6.61 Å². The van der Waals surface area contributed by atoms with E-state index in [1.54, 1.807) is 36.4 Å². The normalized spacial score (nSPS) is 16.5. The van der Waals surface area contributed by atoms with Crippen molar-refractivity contribution < 1.29 is 17.9 Å². The molecule has 0 spiro atoms. The Hall–Kier alpha value is -1.94. The molecule has 0 atom stereocenters. The number of halogens is 4. The van der Waals surface area contributed by atoms with E-state index >= 15 is 0 Å². The molecule has 0 unspecified atom stereocenters. The second kappa shape index (κ2) is 6.52. The van der Waals surface area contributed by atoms with Crippen LogP contribution in [0.2, 0.25) is 5.02 Å². The summed E-state index contributed by atoms with van der Waals surface area (Å²) in [7, 11) is 0. The summed E-state index contributed by atoms with van der Waals surface area (Å²) < 4.78 is 47.0. The minimum absolute atomic E-state index is 0.0616. The molecule has 0 aromatic heterocycles. The molecule has 5 heteroatoms. The van der Waals surface area contributed by atoms with Crippen molar-refractivity contribution in [1.82, 2.24) is 0 Å². The van der Waals surface area contributed by atoms with Crippen LogP contribution in [-0.4, -0.2) is 12.5 Å². The summed E-state index contributed by atoms with van der Waals surface area (Å²) >= 11 is 5.85. The highest BCUT2D eigenvalue weighted by atomic mass is 35.5. The number of benzene rings is 2. The van der Waals surface area contributed by atoms with Crippen LogP contribution in [-0.2, 0) is 0 Å². The fraction of sp³-hybridized carbons (Fsp3) is 0.263. The van der Waals surface area contributed by atoms with Gasteiger partial charge in [0.2, 0.25) is 0 Å². The van der Waals surface area contributed by atoms with Crippen LogP contribution in [0.5, 0.6) is 5.75 Å². The molecule has 1 aliphatic carbocycles. The number of ether oxygens (including phenoxy) is 1. The lowest BCUT2D eigenvalue weighted by molar-refractivity contribution is 0.0141. The SMILES string of the molecule is Cc1ccc(F)c(OCC2=C(c3ccc(Cl)cc3)CC(F)(F)C2)c1. The summed E-state index contributed by atoms with van der Waals surface area (Å²) in [6.07, 6.45) is -0.720. The Morgan fingerprint density at radius 1 is 1.08 bits per heavy atom. The highest BCUT2D eigenvalue weighted by Gasteiger charge is 2.39. The Labute approximate surface area is 143 Å². The van der Waals surface area contributed by atoms with Gasteiger partial charge in [-0.2, -0.15) is 0 Å². The van der Waals surface area contributed by atoms with E-state index in [-0.39, 0.29) is 25.2 Å². The molecule has 0 aliphatic heterocycles. The summed E-state index contributed by atoms with van der Waals surface area (Å²) in [5.74, 6) is -3.23. The maximum atomic E-state index is 13.9. The van der Waals surface area contributed by atoms with Gasteiger partial charge >= 0.3 is 0 Å². The number of hydrogen-bond donors (Lipinski definition) is 0. The first-order valence-electron chi connectivity index (χ1n) is 7.58. The van der Waals surface area contributed by atoms with Gasteiger partial charge in [-0.1, -0.05) is 29.8 Å². The Bertz CT molecular complexity index is 782. The van der Waals surface area contributed by atoms with Gasteiger partial charge in [0.05, 0.1) is 0 Å². The standard InChI is InChI=1S/C19H16ClF3O/c1-12-2-7-17(21)18(8-12)24-11-14-9-19(22,23)10-16(14)13-3-5-15(20)6-4-13/h2-8H,9-11H2,1H3. The monoisotopic (exact) mass is 352 g/mol. The second-order valence-electron chi connectivity index (χ2n) is 6.02. The van der Waals surface area contributed by atoms with Crippen LogP contribution in [0, 0.1) is 12.7 Å². The summed E-state index contributed by atoms with van der Waals surface area (Å²) in [5, 5.41) is 0.545. The van der Waals surface area contributed by atoms with Gasteiger partial charge in [0.15, 0.2) is 11.6 Å². The van der Waals surface area contributed by atoms with Crippen LogP contribution >= 0.6 is 11.6 Å². The van der Waals surface area contributed by atoms with E-state index in [1.807, 2.05) is 6.92 Å². The quantitative estimate of drug-likeness (QED) is 0.651. The third-order valence-electron chi connectivity index (χ3n) is 4.02. The molecule has 0 amide bonds. The van der Waals surface area contributed by atoms with E-state index in [1.165, 1.54) is 6.07 Å². The van der Waals surface area contributed by atoms with Crippen molar-refractivity contribution in [3.63, 3.8) is 0 Å². The van der Waals surface area contributed by atoms with Crippen molar-refractivity contribution in [2.45, 2.75) is 25.7 Å². The zero-order chi connectivity index (χ0) is 17.3. The van der Waals surface area contributed by atoms with E-state index in [2.05, 4.69) is 0 Å². The molecule has 2 aromatic carbocycles. The lowest BCUT2D eigenvalue weighted by Crippen LogP contribution is -2.11. The zero-order valence-electron chi connectivity index (χ0n) is 13.1. The number of aryl methyl sites for hydroxylation is 1. The Morgan fingerprint density at radius 2 is 1.79 bits per heavy atom. The molecule has 1 aliphatic rings. The minimum atomic E-state index is -2.81. The molecule has 0 saturated heterocycles. The van der Waals surface area contributed by atoms with Crippen LogP contribution in [0.15, 0.2) is 48.0 Å². The molecule has 0 radical (unpaired) electrons. The molecule has 3 rings (SSSR count). The van der Waals surface area contributed by atoms with Crippen LogP contribution in [0.25, 0.3) is 5.57 Å². The third kappa shape index (κ3) is 3.75. The van der Waals surface area contributed by atoms with Gasteiger partial charge in [0, 0.05) is 17.9 Å². The topological polar surface area (TPSA) is 9.23 Å². The van der Waals surface area contributed by atoms with Gasteiger partial charge < -0.3 is 4.74 Å². The average molecular weight is 353 g/mol. The fourth-order valence-corrected chi connectivity index (χ4v) is 2.97. The predicted octanol–water partition coefficient (Wildman–Crippen LogP) is 6.05. The summed E-state index contributed by atoms with van der Waals surface area (Å²) in [5.41, 5.74) is 2.57. The number of rotatable bonds is 4. The van der Waals surface area contributed by atoms with Crippen molar-refractivity contribution in [2.24, 2.45) is 0 Å². The smallest absolute Gasteiger partial charge is 0.255 e. The Balaban J connectivity index is 1.86. The third-order valence-corrected chi connectivity index (χ3v) is 4.27. The molecule has 1 nitrogen and oxygen atoms in total. The maximum absolute atomic E-state index is 13.9. The largest absolute Gasteiger partial charge is 0.486 e. The molecule has 0 bridgehead atoms. The minimum Gasteiger partial charge on any atom is -0.486 e. The van der Waals surface area contributed by atoms with Crippen molar-refractivity contribution in [2.75, 3.05) is 6.61 Å². The van der Waals surface area contributed by atoms with Crippen molar-refractivity contribution in [3.8, 4) is 5.75 Å². The van der Waals surface area contributed by atoms with Crippen LogP contribution < -0.4 is 4.74 Å². The summed E-state index contributed by atoms with van der Waals surface area (Å²) in [6.45, 7) is 1.75. The van der Waals surface area contributed by atoms with Gasteiger partial charge in [-0.15, -0.1) is 0 Å². The highest BCUT2D eigenvalue weighted by Crippen LogP contribution is 2.44. The average Bonchev–Trinajstić information content (AvgIpc) is 2.84. The molecular weight excluding hydrogens is 337 g/mol. The van der Waals surface area contributed by atoms with Crippen molar-refractivity contribution >= 4 is 17.2 Å². The molecule has 2 aromatic rings. The zero-order valence-corrected chi connectivity index (χ0v) is 13.8. The maximum Gasteiger partial charge on any atom is 0.255 e.